The highest BCUT2D eigenvalue weighted by Crippen LogP contribution is 2.37. The molecule has 0 saturated carbocycles. The average Bonchev–Trinajstić information content (AvgIpc) is 2.84. The predicted molar refractivity (Wildman–Crippen MR) is 82.8 cm³/mol. The van der Waals surface area contributed by atoms with Gasteiger partial charge in [-0.2, -0.15) is 11.8 Å². The van der Waals surface area contributed by atoms with Crippen LogP contribution >= 0.6 is 11.8 Å². The lowest BCUT2D eigenvalue weighted by atomic mass is 10.1. The molecule has 1 fully saturated rings. The Kier molecular flexibility index (Phi) is 4.45. The van der Waals surface area contributed by atoms with Crippen molar-refractivity contribution in [3.63, 3.8) is 0 Å². The van der Waals surface area contributed by atoms with Crippen molar-refractivity contribution < 1.29 is 13.3 Å². The van der Waals surface area contributed by atoms with Gasteiger partial charge in [0.05, 0.1) is 9.82 Å². The molecule has 2 rings (SSSR count). The molecule has 1 heterocycles. The van der Waals surface area contributed by atoms with E-state index in [9.17, 15) is 18.5 Å². The van der Waals surface area contributed by atoms with E-state index in [1.165, 1.54) is 12.1 Å². The van der Waals surface area contributed by atoms with Crippen LogP contribution in [0, 0.1) is 10.1 Å². The van der Waals surface area contributed by atoms with Gasteiger partial charge in [0.1, 0.15) is 5.69 Å². The third-order valence-corrected chi connectivity index (χ3v) is 6.38. The van der Waals surface area contributed by atoms with Gasteiger partial charge in [-0.25, -0.2) is 13.1 Å². The molecule has 1 saturated heterocycles. The molecule has 1 unspecified atom stereocenters. The van der Waals surface area contributed by atoms with E-state index in [-0.39, 0.29) is 15.3 Å². The standard InChI is InChI=1S/C12H17N3O4S2/c1-12(5-2-6-20-12)8-14-21(18,19)9-3-4-10(13)11(7-9)15(16)17/h3-4,7,14H,2,5-6,8,13H2,1H3. The molecule has 7 nitrogen and oxygen atoms in total. The van der Waals surface area contributed by atoms with Gasteiger partial charge < -0.3 is 5.73 Å². The fourth-order valence-corrected chi connectivity index (χ4v) is 4.68. The molecule has 0 aromatic heterocycles. The zero-order chi connectivity index (χ0) is 15.7. The number of nitrogens with two attached hydrogens (primary N) is 1. The zero-order valence-corrected chi connectivity index (χ0v) is 13.2. The van der Waals surface area contributed by atoms with E-state index in [0.29, 0.717) is 6.54 Å². The quantitative estimate of drug-likeness (QED) is 0.482. The van der Waals surface area contributed by atoms with Gasteiger partial charge in [0, 0.05) is 17.4 Å². The Hall–Kier alpha value is -1.32. The third-order valence-electron chi connectivity index (χ3n) is 3.45. The molecule has 116 valence electrons. The first-order valence-electron chi connectivity index (χ1n) is 6.41. The number of nitrogens with one attached hydrogen (secondary N) is 1. The van der Waals surface area contributed by atoms with Crippen LogP contribution in [-0.2, 0) is 10.0 Å². The summed E-state index contributed by atoms with van der Waals surface area (Å²) in [7, 11) is -3.78. The minimum Gasteiger partial charge on any atom is -0.393 e. The first-order valence-corrected chi connectivity index (χ1v) is 8.88. The van der Waals surface area contributed by atoms with Crippen LogP contribution in [0.2, 0.25) is 0 Å². The summed E-state index contributed by atoms with van der Waals surface area (Å²) in [5.74, 6) is 1.02. The lowest BCUT2D eigenvalue weighted by Crippen LogP contribution is -2.36. The number of hydrogen-bond donors (Lipinski definition) is 2. The first kappa shape index (κ1) is 16.1. The highest BCUT2D eigenvalue weighted by Gasteiger charge is 2.31. The van der Waals surface area contributed by atoms with Gasteiger partial charge in [0.15, 0.2) is 0 Å². The first-order chi connectivity index (χ1) is 9.73. The van der Waals surface area contributed by atoms with Crippen LogP contribution in [0.15, 0.2) is 23.1 Å². The van der Waals surface area contributed by atoms with Gasteiger partial charge in [-0.1, -0.05) is 0 Å². The molecule has 0 spiro atoms. The van der Waals surface area contributed by atoms with Crippen LogP contribution in [0.5, 0.6) is 0 Å². The monoisotopic (exact) mass is 331 g/mol. The Morgan fingerprint density at radius 1 is 1.52 bits per heavy atom. The van der Waals surface area contributed by atoms with Crippen LogP contribution in [0.1, 0.15) is 19.8 Å². The average molecular weight is 331 g/mol. The molecular formula is C12H17N3O4S2. The Balaban J connectivity index is 2.19. The van der Waals surface area contributed by atoms with Crippen LogP contribution in [0.3, 0.4) is 0 Å². The smallest absolute Gasteiger partial charge is 0.293 e. The summed E-state index contributed by atoms with van der Waals surface area (Å²) < 4.78 is 26.9. The number of nitrogens with zero attached hydrogens (tertiary/aromatic N) is 1. The van der Waals surface area contributed by atoms with E-state index in [1.54, 1.807) is 11.8 Å². The zero-order valence-electron chi connectivity index (χ0n) is 11.5. The van der Waals surface area contributed by atoms with Crippen LogP contribution in [0.25, 0.3) is 0 Å². The van der Waals surface area contributed by atoms with Gasteiger partial charge in [0.25, 0.3) is 5.69 Å². The van der Waals surface area contributed by atoms with Crippen molar-refractivity contribution in [1.82, 2.24) is 4.72 Å². The van der Waals surface area contributed by atoms with E-state index in [0.717, 1.165) is 24.7 Å². The fourth-order valence-electron chi connectivity index (χ4n) is 2.16. The van der Waals surface area contributed by atoms with E-state index >= 15 is 0 Å². The highest BCUT2D eigenvalue weighted by atomic mass is 32.2. The molecule has 1 atom stereocenters. The number of thioether (sulfide) groups is 1. The molecular weight excluding hydrogens is 314 g/mol. The summed E-state index contributed by atoms with van der Waals surface area (Å²) in [5, 5.41) is 10.8. The SMILES string of the molecule is CC1(CNS(=O)(=O)c2ccc(N)c([N+](=O)[O-])c2)CCCS1. The van der Waals surface area contributed by atoms with E-state index < -0.39 is 20.6 Å². The number of benzene rings is 1. The third kappa shape index (κ3) is 3.66. The molecule has 0 radical (unpaired) electrons. The van der Waals surface area contributed by atoms with Crippen molar-refractivity contribution in [2.75, 3.05) is 18.0 Å². The number of anilines is 1. The molecule has 1 aromatic carbocycles. The maximum absolute atomic E-state index is 12.2. The van der Waals surface area contributed by atoms with E-state index in [2.05, 4.69) is 4.72 Å². The second-order valence-corrected chi connectivity index (χ2v) is 8.65. The van der Waals surface area contributed by atoms with Crippen molar-refractivity contribution in [3.8, 4) is 0 Å². The fraction of sp³-hybridized carbons (Fsp3) is 0.500. The van der Waals surface area contributed by atoms with Crippen molar-refractivity contribution >= 4 is 33.2 Å². The van der Waals surface area contributed by atoms with Crippen molar-refractivity contribution in [2.24, 2.45) is 0 Å². The van der Waals surface area contributed by atoms with E-state index in [1.807, 2.05) is 6.92 Å². The van der Waals surface area contributed by atoms with Crippen LogP contribution in [0.4, 0.5) is 11.4 Å². The Morgan fingerprint density at radius 2 is 2.24 bits per heavy atom. The molecule has 0 aliphatic carbocycles. The number of nitrogen functional groups attached to an aromatic ring is 1. The summed E-state index contributed by atoms with van der Waals surface area (Å²) in [5.41, 5.74) is 5.01. The lowest BCUT2D eigenvalue weighted by molar-refractivity contribution is -0.384. The van der Waals surface area contributed by atoms with Crippen LogP contribution < -0.4 is 10.5 Å². The van der Waals surface area contributed by atoms with Gasteiger partial charge >= 0.3 is 0 Å². The Labute approximate surface area is 127 Å². The van der Waals surface area contributed by atoms with Gasteiger partial charge in [-0.05, 0) is 37.7 Å². The topological polar surface area (TPSA) is 115 Å². The molecule has 1 aliphatic rings. The van der Waals surface area contributed by atoms with Crippen molar-refractivity contribution in [3.05, 3.63) is 28.3 Å². The summed E-state index contributed by atoms with van der Waals surface area (Å²) >= 11 is 1.74. The molecule has 21 heavy (non-hydrogen) atoms. The molecule has 1 aliphatic heterocycles. The Bertz CT molecular complexity index is 654. The second kappa shape index (κ2) is 5.82. The summed E-state index contributed by atoms with van der Waals surface area (Å²) in [6.07, 6.45) is 2.01. The molecule has 0 bridgehead atoms. The maximum atomic E-state index is 12.2. The molecule has 1 aromatic rings. The number of hydrogen-bond acceptors (Lipinski definition) is 6. The van der Waals surface area contributed by atoms with Crippen molar-refractivity contribution in [1.29, 1.82) is 0 Å². The highest BCUT2D eigenvalue weighted by molar-refractivity contribution is 8.01. The van der Waals surface area contributed by atoms with Gasteiger partial charge in [-0.3, -0.25) is 10.1 Å². The van der Waals surface area contributed by atoms with Crippen LogP contribution in [-0.4, -0.2) is 30.4 Å². The van der Waals surface area contributed by atoms with Gasteiger partial charge in [-0.15, -0.1) is 0 Å². The van der Waals surface area contributed by atoms with Gasteiger partial charge in [0.2, 0.25) is 10.0 Å². The summed E-state index contributed by atoms with van der Waals surface area (Å²) in [6, 6.07) is 3.50. The number of nitro groups is 1. The number of rotatable bonds is 5. The summed E-state index contributed by atoms with van der Waals surface area (Å²) in [4.78, 5) is 9.99. The number of sulfonamides is 1. The second-order valence-electron chi connectivity index (χ2n) is 5.20. The van der Waals surface area contributed by atoms with Crippen molar-refractivity contribution in [2.45, 2.75) is 29.4 Å². The largest absolute Gasteiger partial charge is 0.393 e. The predicted octanol–water partition coefficient (Wildman–Crippen LogP) is 1.74. The maximum Gasteiger partial charge on any atom is 0.293 e. The molecule has 9 heteroatoms. The Morgan fingerprint density at radius 3 is 2.81 bits per heavy atom. The van der Waals surface area contributed by atoms with E-state index in [4.69, 9.17) is 5.73 Å². The summed E-state index contributed by atoms with van der Waals surface area (Å²) in [6.45, 7) is 2.32. The normalized spacial score (nSPS) is 22.3. The molecule has 0 amide bonds. The lowest BCUT2D eigenvalue weighted by Gasteiger charge is -2.22. The molecule has 3 N–H and O–H groups in total. The number of nitro benzene ring substituents is 1. The minimum atomic E-state index is -3.78. The minimum absolute atomic E-state index is 0.0581.